The molecule has 0 aliphatic heterocycles. The molecule has 1 N–H and O–H groups in total. The van der Waals surface area contributed by atoms with Gasteiger partial charge in [-0.2, -0.15) is 10.2 Å². The summed E-state index contributed by atoms with van der Waals surface area (Å²) in [5.41, 5.74) is 4.17. The van der Waals surface area contributed by atoms with Gasteiger partial charge in [0, 0.05) is 24.4 Å². The molecule has 6 nitrogen and oxygen atoms in total. The van der Waals surface area contributed by atoms with Crippen LogP contribution in [-0.4, -0.2) is 25.5 Å². The Morgan fingerprint density at radius 3 is 2.71 bits per heavy atom. The summed E-state index contributed by atoms with van der Waals surface area (Å²) in [5.74, 6) is -0.218. The Bertz CT molecular complexity index is 1040. The van der Waals surface area contributed by atoms with Crippen molar-refractivity contribution >= 4 is 40.9 Å². The van der Waals surface area contributed by atoms with Crippen LogP contribution in [-0.2, 0) is 17.9 Å². The maximum absolute atomic E-state index is 12.3. The van der Waals surface area contributed by atoms with Crippen molar-refractivity contribution in [2.75, 3.05) is 5.32 Å². The first-order chi connectivity index (χ1) is 13.4. The molecule has 2 aromatic heterocycles. The molecule has 0 bridgehead atoms. The summed E-state index contributed by atoms with van der Waals surface area (Å²) in [6.45, 7) is 7.11. The first-order valence-electron chi connectivity index (χ1n) is 8.86. The number of halogens is 2. The first kappa shape index (κ1) is 20.2. The van der Waals surface area contributed by atoms with E-state index in [4.69, 9.17) is 23.2 Å². The number of carbonyl (C=O) groups excluding carboxylic acids is 1. The van der Waals surface area contributed by atoms with Crippen LogP contribution in [0, 0.1) is 13.8 Å². The van der Waals surface area contributed by atoms with Gasteiger partial charge in [-0.3, -0.25) is 14.2 Å². The van der Waals surface area contributed by atoms with Gasteiger partial charge in [0.2, 0.25) is 5.91 Å². The van der Waals surface area contributed by atoms with E-state index in [-0.39, 0.29) is 5.91 Å². The number of nitrogens with one attached hydrogen (secondary N) is 1. The fraction of sp³-hybridized carbons (Fsp3) is 0.250. The number of aryl methyl sites for hydroxylation is 2. The smallest absolute Gasteiger partial charge is 0.248 e. The average molecular weight is 418 g/mol. The normalized spacial score (nSPS) is 11.3. The van der Waals surface area contributed by atoms with Crippen molar-refractivity contribution in [2.24, 2.45) is 0 Å². The highest BCUT2D eigenvalue weighted by Gasteiger charge is 2.14. The predicted octanol–water partition coefficient (Wildman–Crippen LogP) is 4.72. The van der Waals surface area contributed by atoms with Gasteiger partial charge in [0.05, 0.1) is 39.9 Å². The highest BCUT2D eigenvalue weighted by atomic mass is 35.5. The number of carbonyl (C=O) groups is 1. The largest absolute Gasteiger partial charge is 0.319 e. The van der Waals surface area contributed by atoms with E-state index in [0.29, 0.717) is 22.3 Å². The number of aromatic nitrogens is 4. The molecule has 28 heavy (non-hydrogen) atoms. The van der Waals surface area contributed by atoms with E-state index in [1.807, 2.05) is 43.8 Å². The number of amides is 1. The van der Waals surface area contributed by atoms with Gasteiger partial charge in [-0.05, 0) is 44.5 Å². The van der Waals surface area contributed by atoms with E-state index in [1.165, 1.54) is 6.08 Å². The third-order valence-electron chi connectivity index (χ3n) is 4.35. The molecule has 1 amide bonds. The topological polar surface area (TPSA) is 64.7 Å². The SMILES string of the molecule is CCn1cc(/C=C\C(=O)Nc2c(C)nn(Cc3ccc(Cl)c(Cl)c3)c2C)cn1. The van der Waals surface area contributed by atoms with Crippen LogP contribution in [0.1, 0.15) is 29.4 Å². The second-order valence-corrected chi connectivity index (χ2v) is 7.22. The highest BCUT2D eigenvalue weighted by molar-refractivity contribution is 6.42. The van der Waals surface area contributed by atoms with E-state index < -0.39 is 0 Å². The van der Waals surface area contributed by atoms with E-state index in [0.717, 1.165) is 29.1 Å². The van der Waals surface area contributed by atoms with Gasteiger partial charge in [0.15, 0.2) is 0 Å². The van der Waals surface area contributed by atoms with Crippen molar-refractivity contribution in [2.45, 2.75) is 33.9 Å². The van der Waals surface area contributed by atoms with E-state index >= 15 is 0 Å². The quantitative estimate of drug-likeness (QED) is 0.589. The second kappa shape index (κ2) is 8.63. The molecular weight excluding hydrogens is 397 g/mol. The van der Waals surface area contributed by atoms with Gasteiger partial charge in [0.25, 0.3) is 0 Å². The van der Waals surface area contributed by atoms with Gasteiger partial charge < -0.3 is 5.32 Å². The summed E-state index contributed by atoms with van der Waals surface area (Å²) >= 11 is 12.1. The lowest BCUT2D eigenvalue weighted by atomic mass is 10.2. The molecule has 146 valence electrons. The Hall–Kier alpha value is -2.57. The third-order valence-corrected chi connectivity index (χ3v) is 5.09. The Morgan fingerprint density at radius 2 is 2.04 bits per heavy atom. The molecule has 1 aromatic carbocycles. The molecule has 0 aliphatic rings. The average Bonchev–Trinajstić information content (AvgIpc) is 3.23. The van der Waals surface area contributed by atoms with E-state index in [2.05, 4.69) is 15.5 Å². The molecule has 0 atom stereocenters. The number of rotatable bonds is 6. The molecule has 0 aliphatic carbocycles. The summed E-state index contributed by atoms with van der Waals surface area (Å²) < 4.78 is 3.64. The summed E-state index contributed by atoms with van der Waals surface area (Å²) in [4.78, 5) is 12.3. The fourth-order valence-corrected chi connectivity index (χ4v) is 3.14. The molecule has 2 heterocycles. The Labute approximate surface area is 173 Å². The van der Waals surface area contributed by atoms with Crippen molar-refractivity contribution in [1.82, 2.24) is 19.6 Å². The van der Waals surface area contributed by atoms with Crippen molar-refractivity contribution in [3.63, 3.8) is 0 Å². The van der Waals surface area contributed by atoms with Crippen LogP contribution in [0.25, 0.3) is 6.08 Å². The molecule has 0 fully saturated rings. The zero-order valence-electron chi connectivity index (χ0n) is 15.9. The zero-order valence-corrected chi connectivity index (χ0v) is 17.4. The lowest BCUT2D eigenvalue weighted by molar-refractivity contribution is -0.111. The molecule has 0 radical (unpaired) electrons. The molecule has 0 saturated carbocycles. The zero-order chi connectivity index (χ0) is 20.3. The van der Waals surface area contributed by atoms with Crippen LogP contribution >= 0.6 is 23.2 Å². The predicted molar refractivity (Wildman–Crippen MR) is 113 cm³/mol. The van der Waals surface area contributed by atoms with Crippen LogP contribution in [0.5, 0.6) is 0 Å². The standard InChI is InChI=1S/C20H21Cl2N5O/c1-4-26-11-16(10-23-26)6-8-19(28)24-20-13(2)25-27(14(20)3)12-15-5-7-17(21)18(22)9-15/h5-11H,4,12H2,1-3H3,(H,24,28)/b8-6-. The first-order valence-corrected chi connectivity index (χ1v) is 9.62. The lowest BCUT2D eigenvalue weighted by Gasteiger charge is -2.07. The Morgan fingerprint density at radius 1 is 1.25 bits per heavy atom. The van der Waals surface area contributed by atoms with Crippen LogP contribution in [0.3, 0.4) is 0 Å². The minimum atomic E-state index is -0.218. The number of hydrogen-bond acceptors (Lipinski definition) is 3. The van der Waals surface area contributed by atoms with Crippen LogP contribution in [0.2, 0.25) is 10.0 Å². The van der Waals surface area contributed by atoms with Crippen LogP contribution < -0.4 is 5.32 Å². The third kappa shape index (κ3) is 4.64. The van der Waals surface area contributed by atoms with Gasteiger partial charge in [-0.25, -0.2) is 0 Å². The van der Waals surface area contributed by atoms with Crippen molar-refractivity contribution in [3.05, 3.63) is 69.2 Å². The Kier molecular flexibility index (Phi) is 6.21. The van der Waals surface area contributed by atoms with Gasteiger partial charge in [-0.1, -0.05) is 29.3 Å². The van der Waals surface area contributed by atoms with E-state index in [9.17, 15) is 4.79 Å². The maximum atomic E-state index is 12.3. The number of anilines is 1. The van der Waals surface area contributed by atoms with Gasteiger partial charge in [-0.15, -0.1) is 0 Å². The Balaban J connectivity index is 1.72. The number of benzene rings is 1. The van der Waals surface area contributed by atoms with E-state index in [1.54, 1.807) is 23.0 Å². The second-order valence-electron chi connectivity index (χ2n) is 6.40. The molecule has 0 spiro atoms. The molecule has 3 rings (SSSR count). The van der Waals surface area contributed by atoms with Crippen LogP contribution in [0.4, 0.5) is 5.69 Å². The lowest BCUT2D eigenvalue weighted by Crippen LogP contribution is -2.10. The molecule has 0 unspecified atom stereocenters. The minimum Gasteiger partial charge on any atom is -0.319 e. The van der Waals surface area contributed by atoms with Gasteiger partial charge >= 0.3 is 0 Å². The summed E-state index contributed by atoms with van der Waals surface area (Å²) in [6, 6.07) is 5.49. The summed E-state index contributed by atoms with van der Waals surface area (Å²) in [5, 5.41) is 12.6. The summed E-state index contributed by atoms with van der Waals surface area (Å²) in [6.07, 6.45) is 6.83. The van der Waals surface area contributed by atoms with Crippen molar-refractivity contribution in [3.8, 4) is 0 Å². The minimum absolute atomic E-state index is 0.218. The molecule has 3 aromatic rings. The van der Waals surface area contributed by atoms with Crippen LogP contribution in [0.15, 0.2) is 36.7 Å². The fourth-order valence-electron chi connectivity index (χ4n) is 2.82. The van der Waals surface area contributed by atoms with Crippen molar-refractivity contribution < 1.29 is 4.79 Å². The van der Waals surface area contributed by atoms with Crippen molar-refractivity contribution in [1.29, 1.82) is 0 Å². The summed E-state index contributed by atoms with van der Waals surface area (Å²) in [7, 11) is 0. The number of nitrogens with zero attached hydrogens (tertiary/aromatic N) is 4. The molecule has 8 heteroatoms. The highest BCUT2D eigenvalue weighted by Crippen LogP contribution is 2.25. The monoisotopic (exact) mass is 417 g/mol. The molecule has 0 saturated heterocycles. The number of hydrogen-bond donors (Lipinski definition) is 1. The van der Waals surface area contributed by atoms with Gasteiger partial charge in [0.1, 0.15) is 0 Å². The maximum Gasteiger partial charge on any atom is 0.248 e. The molecular formula is C20H21Cl2N5O.